The summed E-state index contributed by atoms with van der Waals surface area (Å²) in [4.78, 5) is 14.5. The van der Waals surface area contributed by atoms with Gasteiger partial charge in [0.05, 0.1) is 10.0 Å². The van der Waals surface area contributed by atoms with E-state index in [-0.39, 0.29) is 11.9 Å². The van der Waals surface area contributed by atoms with Crippen LogP contribution < -0.4 is 4.90 Å². The predicted molar refractivity (Wildman–Crippen MR) is 91.9 cm³/mol. The van der Waals surface area contributed by atoms with Gasteiger partial charge in [0, 0.05) is 18.2 Å². The smallest absolute Gasteiger partial charge is 0.227 e. The second kappa shape index (κ2) is 6.31. The molecule has 0 radical (unpaired) electrons. The Labute approximate surface area is 140 Å². The second-order valence-electron chi connectivity index (χ2n) is 5.69. The second-order valence-corrected chi connectivity index (χ2v) is 6.51. The number of carbonyl (C=O) groups is 1. The van der Waals surface area contributed by atoms with Gasteiger partial charge >= 0.3 is 0 Å². The Balaban J connectivity index is 1.71. The molecule has 0 N–H and O–H groups in total. The van der Waals surface area contributed by atoms with Crippen molar-refractivity contribution in [2.45, 2.75) is 32.2 Å². The van der Waals surface area contributed by atoms with E-state index < -0.39 is 0 Å². The molecule has 22 heavy (non-hydrogen) atoms. The van der Waals surface area contributed by atoms with Crippen molar-refractivity contribution in [3.8, 4) is 0 Å². The van der Waals surface area contributed by atoms with Gasteiger partial charge in [-0.15, -0.1) is 0 Å². The van der Waals surface area contributed by atoms with Gasteiger partial charge in [-0.05, 0) is 49.1 Å². The van der Waals surface area contributed by atoms with Crippen LogP contribution in [-0.2, 0) is 17.6 Å². The van der Waals surface area contributed by atoms with Crippen LogP contribution in [0.25, 0.3) is 0 Å². The number of nitrogens with zero attached hydrogens (tertiary/aromatic N) is 1. The largest absolute Gasteiger partial charge is 0.309 e. The number of para-hydroxylation sites is 1. The number of carbonyl (C=O) groups excluding carboxylic acids is 1. The average Bonchev–Trinajstić information content (AvgIpc) is 2.84. The van der Waals surface area contributed by atoms with Gasteiger partial charge in [-0.2, -0.15) is 0 Å². The number of anilines is 1. The van der Waals surface area contributed by atoms with Crippen LogP contribution >= 0.6 is 23.2 Å². The van der Waals surface area contributed by atoms with Crippen LogP contribution in [0.3, 0.4) is 0 Å². The van der Waals surface area contributed by atoms with E-state index >= 15 is 0 Å². The summed E-state index contributed by atoms with van der Waals surface area (Å²) in [6, 6.07) is 13.9. The van der Waals surface area contributed by atoms with Crippen LogP contribution in [0.4, 0.5) is 5.69 Å². The molecule has 0 bridgehead atoms. The lowest BCUT2D eigenvalue weighted by Gasteiger charge is -2.22. The molecule has 1 amide bonds. The van der Waals surface area contributed by atoms with Crippen LogP contribution in [0.2, 0.25) is 10.0 Å². The van der Waals surface area contributed by atoms with Crippen molar-refractivity contribution in [3.05, 3.63) is 63.6 Å². The lowest BCUT2D eigenvalue weighted by atomic mass is 10.1. The van der Waals surface area contributed by atoms with E-state index in [4.69, 9.17) is 23.2 Å². The summed E-state index contributed by atoms with van der Waals surface area (Å²) in [5, 5.41) is 1.07. The molecule has 4 heteroatoms. The first-order valence-corrected chi connectivity index (χ1v) is 8.16. The fraction of sp³-hybridized carbons (Fsp3) is 0.278. The maximum absolute atomic E-state index is 12.6. The standard InChI is InChI=1S/C18H17Cl2NO/c1-12-10-14-4-2-3-5-17(14)21(12)18(22)9-7-13-6-8-15(19)16(20)11-13/h2-6,8,11-12H,7,9-10H2,1H3. The van der Waals surface area contributed by atoms with Crippen molar-refractivity contribution in [1.82, 2.24) is 0 Å². The van der Waals surface area contributed by atoms with E-state index in [1.807, 2.05) is 35.2 Å². The van der Waals surface area contributed by atoms with Gasteiger partial charge in [0.1, 0.15) is 0 Å². The Bertz CT molecular complexity index is 714. The minimum absolute atomic E-state index is 0.156. The number of fused-ring (bicyclic) bond motifs is 1. The Morgan fingerprint density at radius 2 is 1.95 bits per heavy atom. The first kappa shape index (κ1) is 15.4. The minimum atomic E-state index is 0.156. The van der Waals surface area contributed by atoms with Crippen molar-refractivity contribution in [1.29, 1.82) is 0 Å². The highest BCUT2D eigenvalue weighted by Crippen LogP contribution is 2.32. The summed E-state index contributed by atoms with van der Waals surface area (Å²) in [6.07, 6.45) is 2.06. The normalized spacial score (nSPS) is 16.7. The molecule has 3 rings (SSSR count). The van der Waals surface area contributed by atoms with Crippen molar-refractivity contribution < 1.29 is 4.79 Å². The zero-order valence-electron chi connectivity index (χ0n) is 12.4. The molecule has 114 valence electrons. The third-order valence-corrected chi connectivity index (χ3v) is 4.83. The van der Waals surface area contributed by atoms with Gasteiger partial charge in [-0.3, -0.25) is 4.79 Å². The maximum Gasteiger partial charge on any atom is 0.227 e. The number of hydrogen-bond acceptors (Lipinski definition) is 1. The third-order valence-electron chi connectivity index (χ3n) is 4.09. The average molecular weight is 334 g/mol. The summed E-state index contributed by atoms with van der Waals surface area (Å²) in [7, 11) is 0. The minimum Gasteiger partial charge on any atom is -0.309 e. The molecule has 0 spiro atoms. The van der Waals surface area contributed by atoms with E-state index in [2.05, 4.69) is 13.0 Å². The number of rotatable bonds is 3. The van der Waals surface area contributed by atoms with Gasteiger partial charge in [0.2, 0.25) is 5.91 Å². The fourth-order valence-corrected chi connectivity index (χ4v) is 3.33. The molecule has 0 fully saturated rings. The number of amides is 1. The monoisotopic (exact) mass is 333 g/mol. The van der Waals surface area contributed by atoms with Crippen LogP contribution in [-0.4, -0.2) is 11.9 Å². The van der Waals surface area contributed by atoms with Gasteiger partial charge in [-0.1, -0.05) is 47.5 Å². The lowest BCUT2D eigenvalue weighted by Crippen LogP contribution is -2.35. The van der Waals surface area contributed by atoms with Crippen molar-refractivity contribution in [3.63, 3.8) is 0 Å². The fourth-order valence-electron chi connectivity index (χ4n) is 3.01. The van der Waals surface area contributed by atoms with Gasteiger partial charge in [0.25, 0.3) is 0 Å². The molecule has 0 saturated carbocycles. The summed E-state index contributed by atoms with van der Waals surface area (Å²) >= 11 is 11.9. The van der Waals surface area contributed by atoms with E-state index in [1.54, 1.807) is 6.07 Å². The molecule has 1 atom stereocenters. The first-order valence-electron chi connectivity index (χ1n) is 7.40. The highest BCUT2D eigenvalue weighted by molar-refractivity contribution is 6.42. The Hall–Kier alpha value is -1.51. The van der Waals surface area contributed by atoms with E-state index in [1.165, 1.54) is 5.56 Å². The van der Waals surface area contributed by atoms with Gasteiger partial charge < -0.3 is 4.90 Å². The molecule has 2 nitrogen and oxygen atoms in total. The van der Waals surface area contributed by atoms with Crippen molar-refractivity contribution in [2.24, 2.45) is 0 Å². The lowest BCUT2D eigenvalue weighted by molar-refractivity contribution is -0.118. The molecule has 1 aliphatic rings. The van der Waals surface area contributed by atoms with E-state index in [0.29, 0.717) is 22.9 Å². The summed E-state index contributed by atoms with van der Waals surface area (Å²) < 4.78 is 0. The molecule has 2 aromatic rings. The van der Waals surface area contributed by atoms with E-state index in [9.17, 15) is 4.79 Å². The first-order chi connectivity index (χ1) is 10.6. The van der Waals surface area contributed by atoms with E-state index in [0.717, 1.165) is 17.7 Å². The van der Waals surface area contributed by atoms with Gasteiger partial charge in [0.15, 0.2) is 0 Å². The molecule has 1 heterocycles. The van der Waals surface area contributed by atoms with Crippen molar-refractivity contribution in [2.75, 3.05) is 4.90 Å². The van der Waals surface area contributed by atoms with Gasteiger partial charge in [-0.25, -0.2) is 0 Å². The molecule has 2 aromatic carbocycles. The SMILES string of the molecule is CC1Cc2ccccc2N1C(=O)CCc1ccc(Cl)c(Cl)c1. The number of halogens is 2. The highest BCUT2D eigenvalue weighted by atomic mass is 35.5. The van der Waals surface area contributed by atoms with Crippen LogP contribution in [0.1, 0.15) is 24.5 Å². The molecule has 0 aromatic heterocycles. The topological polar surface area (TPSA) is 20.3 Å². The number of hydrogen-bond donors (Lipinski definition) is 0. The maximum atomic E-state index is 12.6. The molecular formula is C18H17Cl2NO. The zero-order valence-corrected chi connectivity index (χ0v) is 13.9. The Morgan fingerprint density at radius 1 is 1.18 bits per heavy atom. The number of aryl methyl sites for hydroxylation is 1. The summed E-state index contributed by atoms with van der Waals surface area (Å²) in [5.74, 6) is 0.156. The molecule has 0 aliphatic carbocycles. The summed E-state index contributed by atoms with van der Waals surface area (Å²) in [6.45, 7) is 2.09. The summed E-state index contributed by atoms with van der Waals surface area (Å²) in [5.41, 5.74) is 3.33. The number of benzene rings is 2. The van der Waals surface area contributed by atoms with Crippen LogP contribution in [0.5, 0.6) is 0 Å². The Morgan fingerprint density at radius 3 is 2.73 bits per heavy atom. The molecular weight excluding hydrogens is 317 g/mol. The molecule has 1 unspecified atom stereocenters. The molecule has 1 aliphatic heterocycles. The highest BCUT2D eigenvalue weighted by Gasteiger charge is 2.29. The van der Waals surface area contributed by atoms with Crippen molar-refractivity contribution >= 4 is 34.8 Å². The Kier molecular flexibility index (Phi) is 4.42. The quantitative estimate of drug-likeness (QED) is 0.781. The van der Waals surface area contributed by atoms with Crippen LogP contribution in [0, 0.1) is 0 Å². The third kappa shape index (κ3) is 2.99. The zero-order chi connectivity index (χ0) is 15.7. The molecule has 0 saturated heterocycles. The van der Waals surface area contributed by atoms with Crippen LogP contribution in [0.15, 0.2) is 42.5 Å². The predicted octanol–water partition coefficient (Wildman–Crippen LogP) is 4.90.